The van der Waals surface area contributed by atoms with Gasteiger partial charge in [-0.3, -0.25) is 10.1 Å². The third-order valence-electron chi connectivity index (χ3n) is 3.93. The molecular formula is C19H29N5. The number of aromatic nitrogens is 2. The fourth-order valence-electron chi connectivity index (χ4n) is 2.57. The van der Waals surface area contributed by atoms with Crippen LogP contribution in [0.15, 0.2) is 41.5 Å². The quantitative estimate of drug-likeness (QED) is 0.377. The summed E-state index contributed by atoms with van der Waals surface area (Å²) in [4.78, 5) is 4.66. The fraction of sp³-hybridized carbons (Fsp3) is 0.474. The van der Waals surface area contributed by atoms with Gasteiger partial charge in [0.1, 0.15) is 0 Å². The van der Waals surface area contributed by atoms with Crippen LogP contribution in [0.2, 0.25) is 0 Å². The number of aliphatic imine (C=N–C) groups is 1. The van der Waals surface area contributed by atoms with E-state index in [9.17, 15) is 0 Å². The molecular weight excluding hydrogens is 298 g/mol. The molecule has 1 aromatic carbocycles. The zero-order valence-electron chi connectivity index (χ0n) is 14.8. The van der Waals surface area contributed by atoms with Crippen molar-refractivity contribution in [1.82, 2.24) is 20.8 Å². The fourth-order valence-corrected chi connectivity index (χ4v) is 2.57. The first kappa shape index (κ1) is 18.0. The number of rotatable bonds is 9. The molecule has 0 radical (unpaired) electrons. The van der Waals surface area contributed by atoms with Crippen LogP contribution in [-0.2, 0) is 12.8 Å². The second-order valence-electron chi connectivity index (χ2n) is 5.90. The molecule has 5 nitrogen and oxygen atoms in total. The molecule has 0 spiro atoms. The number of hydrogen-bond donors (Lipinski definition) is 3. The Balaban J connectivity index is 1.67. The SMILES string of the molecule is CCNC(=NCCCc1ccccc1)NCCCc1cn[nH]c1C. The van der Waals surface area contributed by atoms with Gasteiger partial charge in [-0.25, -0.2) is 0 Å². The third-order valence-corrected chi connectivity index (χ3v) is 3.93. The molecule has 3 N–H and O–H groups in total. The lowest BCUT2D eigenvalue weighted by Crippen LogP contribution is -2.38. The molecule has 1 heterocycles. The van der Waals surface area contributed by atoms with Crippen molar-refractivity contribution in [1.29, 1.82) is 0 Å². The van der Waals surface area contributed by atoms with Crippen molar-refractivity contribution in [2.24, 2.45) is 4.99 Å². The van der Waals surface area contributed by atoms with Gasteiger partial charge in [-0.05, 0) is 50.7 Å². The van der Waals surface area contributed by atoms with Crippen LogP contribution in [0.3, 0.4) is 0 Å². The maximum atomic E-state index is 4.66. The molecule has 24 heavy (non-hydrogen) atoms. The van der Waals surface area contributed by atoms with Crippen molar-refractivity contribution in [3.05, 3.63) is 53.3 Å². The number of hydrogen-bond acceptors (Lipinski definition) is 2. The van der Waals surface area contributed by atoms with Gasteiger partial charge in [0, 0.05) is 25.3 Å². The summed E-state index contributed by atoms with van der Waals surface area (Å²) in [5.74, 6) is 0.912. The lowest BCUT2D eigenvalue weighted by Gasteiger charge is -2.11. The largest absolute Gasteiger partial charge is 0.357 e. The van der Waals surface area contributed by atoms with Crippen LogP contribution in [0.25, 0.3) is 0 Å². The van der Waals surface area contributed by atoms with Gasteiger partial charge in [0.25, 0.3) is 0 Å². The van der Waals surface area contributed by atoms with E-state index >= 15 is 0 Å². The Labute approximate surface area is 145 Å². The van der Waals surface area contributed by atoms with Gasteiger partial charge in [-0.15, -0.1) is 0 Å². The van der Waals surface area contributed by atoms with Gasteiger partial charge in [-0.2, -0.15) is 5.10 Å². The molecule has 1 aromatic heterocycles. The first-order valence-electron chi connectivity index (χ1n) is 8.84. The molecule has 0 aliphatic carbocycles. The van der Waals surface area contributed by atoms with Gasteiger partial charge < -0.3 is 10.6 Å². The van der Waals surface area contributed by atoms with E-state index < -0.39 is 0 Å². The number of H-pyrrole nitrogens is 1. The molecule has 5 heteroatoms. The van der Waals surface area contributed by atoms with Crippen LogP contribution in [-0.4, -0.2) is 35.8 Å². The van der Waals surface area contributed by atoms with E-state index in [1.54, 1.807) is 0 Å². The normalized spacial score (nSPS) is 11.5. The lowest BCUT2D eigenvalue weighted by atomic mass is 10.1. The number of aromatic amines is 1. The summed E-state index contributed by atoms with van der Waals surface area (Å²) < 4.78 is 0. The van der Waals surface area contributed by atoms with Crippen LogP contribution in [0.1, 0.15) is 36.6 Å². The van der Waals surface area contributed by atoms with E-state index in [-0.39, 0.29) is 0 Å². The van der Waals surface area contributed by atoms with Crippen LogP contribution < -0.4 is 10.6 Å². The van der Waals surface area contributed by atoms with Crippen LogP contribution >= 0.6 is 0 Å². The molecule has 0 saturated heterocycles. The Bertz CT molecular complexity index is 603. The average Bonchev–Trinajstić information content (AvgIpc) is 3.01. The topological polar surface area (TPSA) is 65.1 Å². The van der Waals surface area contributed by atoms with Gasteiger partial charge in [-0.1, -0.05) is 30.3 Å². The maximum absolute atomic E-state index is 4.66. The predicted molar refractivity (Wildman–Crippen MR) is 100 cm³/mol. The molecule has 2 rings (SSSR count). The second kappa shape index (κ2) is 10.5. The van der Waals surface area contributed by atoms with Crippen LogP contribution in [0.4, 0.5) is 0 Å². The molecule has 0 aliphatic heterocycles. The highest BCUT2D eigenvalue weighted by molar-refractivity contribution is 5.79. The molecule has 0 saturated carbocycles. The van der Waals surface area contributed by atoms with Crippen molar-refractivity contribution in [2.75, 3.05) is 19.6 Å². The Morgan fingerprint density at radius 2 is 1.96 bits per heavy atom. The van der Waals surface area contributed by atoms with Crippen molar-refractivity contribution >= 4 is 5.96 Å². The smallest absolute Gasteiger partial charge is 0.191 e. The van der Waals surface area contributed by atoms with Crippen molar-refractivity contribution < 1.29 is 0 Å². The molecule has 0 amide bonds. The monoisotopic (exact) mass is 327 g/mol. The molecule has 2 aromatic rings. The average molecular weight is 327 g/mol. The summed E-state index contributed by atoms with van der Waals surface area (Å²) in [6, 6.07) is 10.6. The highest BCUT2D eigenvalue weighted by Gasteiger charge is 2.01. The van der Waals surface area contributed by atoms with Gasteiger partial charge >= 0.3 is 0 Å². The molecule has 0 bridgehead atoms. The number of nitrogens with zero attached hydrogens (tertiary/aromatic N) is 2. The van der Waals surface area contributed by atoms with Gasteiger partial charge in [0.15, 0.2) is 5.96 Å². The summed E-state index contributed by atoms with van der Waals surface area (Å²) in [5.41, 5.74) is 3.83. The molecule has 0 fully saturated rings. The number of nitrogens with one attached hydrogen (secondary N) is 3. The summed E-state index contributed by atoms with van der Waals surface area (Å²) >= 11 is 0. The zero-order chi connectivity index (χ0) is 17.0. The van der Waals surface area contributed by atoms with Crippen LogP contribution in [0, 0.1) is 6.92 Å². The number of benzene rings is 1. The first-order chi connectivity index (χ1) is 11.8. The first-order valence-corrected chi connectivity index (χ1v) is 8.84. The highest BCUT2D eigenvalue weighted by Crippen LogP contribution is 2.05. The Kier molecular flexibility index (Phi) is 7.87. The third kappa shape index (κ3) is 6.44. The van der Waals surface area contributed by atoms with E-state index in [2.05, 4.69) is 70.0 Å². The minimum atomic E-state index is 0.838. The Morgan fingerprint density at radius 3 is 2.67 bits per heavy atom. The van der Waals surface area contributed by atoms with E-state index in [0.717, 1.165) is 57.0 Å². The minimum Gasteiger partial charge on any atom is -0.357 e. The number of guanidine groups is 1. The zero-order valence-corrected chi connectivity index (χ0v) is 14.8. The van der Waals surface area contributed by atoms with Gasteiger partial charge in [0.05, 0.1) is 6.20 Å². The standard InChI is InChI=1S/C19H29N5/c1-3-20-19(21-13-7-11-17-9-5-4-6-10-17)22-14-8-12-18-15-23-24-16(18)2/h4-6,9-10,15H,3,7-8,11-14H2,1-2H3,(H,23,24)(H2,20,21,22). The van der Waals surface area contributed by atoms with E-state index in [1.165, 1.54) is 11.1 Å². The predicted octanol–water partition coefficient (Wildman–Crippen LogP) is 2.84. The Morgan fingerprint density at radius 1 is 1.12 bits per heavy atom. The summed E-state index contributed by atoms with van der Waals surface area (Å²) in [7, 11) is 0. The van der Waals surface area contributed by atoms with Gasteiger partial charge in [0.2, 0.25) is 0 Å². The second-order valence-corrected chi connectivity index (χ2v) is 5.90. The summed E-state index contributed by atoms with van der Waals surface area (Å²) in [6.07, 6.45) is 6.15. The maximum Gasteiger partial charge on any atom is 0.191 e. The van der Waals surface area contributed by atoms with E-state index in [1.807, 2.05) is 6.20 Å². The molecule has 130 valence electrons. The summed E-state index contributed by atoms with van der Waals surface area (Å²) in [5, 5.41) is 13.8. The minimum absolute atomic E-state index is 0.838. The molecule has 0 aliphatic rings. The van der Waals surface area contributed by atoms with Crippen molar-refractivity contribution in [3.8, 4) is 0 Å². The number of aryl methyl sites for hydroxylation is 3. The highest BCUT2D eigenvalue weighted by atomic mass is 15.2. The van der Waals surface area contributed by atoms with Crippen LogP contribution in [0.5, 0.6) is 0 Å². The van der Waals surface area contributed by atoms with Crippen molar-refractivity contribution in [3.63, 3.8) is 0 Å². The molecule has 0 unspecified atom stereocenters. The Hall–Kier alpha value is -2.30. The van der Waals surface area contributed by atoms with E-state index in [4.69, 9.17) is 0 Å². The summed E-state index contributed by atoms with van der Waals surface area (Å²) in [6.45, 7) is 6.79. The van der Waals surface area contributed by atoms with Crippen molar-refractivity contribution in [2.45, 2.75) is 39.5 Å². The molecule has 0 atom stereocenters. The lowest BCUT2D eigenvalue weighted by molar-refractivity contribution is 0.735. The van der Waals surface area contributed by atoms with E-state index in [0.29, 0.717) is 0 Å².